The van der Waals surface area contributed by atoms with E-state index in [1.165, 1.54) is 12.1 Å². The van der Waals surface area contributed by atoms with Crippen molar-refractivity contribution in [3.63, 3.8) is 0 Å². The molecule has 0 aliphatic heterocycles. The summed E-state index contributed by atoms with van der Waals surface area (Å²) in [4.78, 5) is 0. The molecule has 5 heteroatoms. The molecule has 0 aliphatic rings. The lowest BCUT2D eigenvalue weighted by Crippen LogP contribution is -2.22. The van der Waals surface area contributed by atoms with Crippen LogP contribution in [0.15, 0.2) is 12.1 Å². The highest BCUT2D eigenvalue weighted by Crippen LogP contribution is 2.23. The van der Waals surface area contributed by atoms with Crippen LogP contribution in [0, 0.1) is 11.6 Å². The zero-order valence-corrected chi connectivity index (χ0v) is 12.6. The van der Waals surface area contributed by atoms with E-state index in [2.05, 4.69) is 5.32 Å². The molecule has 0 radical (unpaired) electrons. The molecule has 0 heterocycles. The maximum Gasteiger partial charge on any atom is 0.190 e. The van der Waals surface area contributed by atoms with E-state index in [1.807, 2.05) is 27.7 Å². The molecule has 0 aromatic heterocycles. The molecule has 3 nitrogen and oxygen atoms in total. The normalized spacial score (nSPS) is 11.7. The average Bonchev–Trinajstić information content (AvgIpc) is 2.33. The number of hydrogen-bond acceptors (Lipinski definition) is 3. The second-order valence-electron chi connectivity index (χ2n) is 5.48. The quantitative estimate of drug-likeness (QED) is 0.781. The third-order valence-corrected chi connectivity index (χ3v) is 2.50. The number of halogens is 2. The summed E-state index contributed by atoms with van der Waals surface area (Å²) in [7, 11) is 0. The van der Waals surface area contributed by atoms with E-state index in [4.69, 9.17) is 9.47 Å². The monoisotopic (exact) mass is 287 g/mol. The summed E-state index contributed by atoms with van der Waals surface area (Å²) in [6.07, 6.45) is 0. The minimum absolute atomic E-state index is 0.109. The topological polar surface area (TPSA) is 30.5 Å². The Balaban J connectivity index is 2.58. The van der Waals surface area contributed by atoms with Crippen LogP contribution in [-0.2, 0) is 11.3 Å². The summed E-state index contributed by atoms with van der Waals surface area (Å²) in [6.45, 7) is 9.21. The second-order valence-corrected chi connectivity index (χ2v) is 5.48. The number of ether oxygens (including phenoxy) is 2. The van der Waals surface area contributed by atoms with Gasteiger partial charge >= 0.3 is 0 Å². The summed E-state index contributed by atoms with van der Waals surface area (Å²) in [5, 5.41) is 3.01. The highest BCUT2D eigenvalue weighted by Gasteiger charge is 2.14. The molecule has 1 N–H and O–H groups in total. The molecule has 1 rings (SSSR count). The van der Waals surface area contributed by atoms with Crippen molar-refractivity contribution >= 4 is 0 Å². The molecule has 0 aliphatic carbocycles. The van der Waals surface area contributed by atoms with E-state index >= 15 is 0 Å². The molecule has 114 valence electrons. The lowest BCUT2D eigenvalue weighted by atomic mass is 10.2. The Hall–Kier alpha value is -1.20. The van der Waals surface area contributed by atoms with Crippen LogP contribution in [0.1, 0.15) is 33.3 Å². The predicted octanol–water partition coefficient (Wildman–Crippen LogP) is 3.27. The van der Waals surface area contributed by atoms with Crippen molar-refractivity contribution in [2.45, 2.75) is 39.8 Å². The van der Waals surface area contributed by atoms with Gasteiger partial charge in [0, 0.05) is 6.54 Å². The Kier molecular flexibility index (Phi) is 6.36. The van der Waals surface area contributed by atoms with E-state index < -0.39 is 11.6 Å². The smallest absolute Gasteiger partial charge is 0.190 e. The van der Waals surface area contributed by atoms with Crippen LogP contribution in [0.5, 0.6) is 5.75 Å². The molecule has 1 aromatic carbocycles. The van der Waals surface area contributed by atoms with Gasteiger partial charge in [0.25, 0.3) is 0 Å². The molecular formula is C15H23F2NO2. The van der Waals surface area contributed by atoms with Gasteiger partial charge in [0.2, 0.25) is 0 Å². The molecule has 0 spiro atoms. The second kappa shape index (κ2) is 7.55. The standard InChI is InChI=1S/C15H23F2NO2/c1-5-18-10-11-8-12(16)14(13(17)9-11)19-6-7-20-15(2,3)4/h8-9,18H,5-7,10H2,1-4H3. The van der Waals surface area contributed by atoms with Crippen molar-refractivity contribution in [1.82, 2.24) is 5.32 Å². The third kappa shape index (κ3) is 5.84. The average molecular weight is 287 g/mol. The van der Waals surface area contributed by atoms with Gasteiger partial charge in [0.15, 0.2) is 17.4 Å². The summed E-state index contributed by atoms with van der Waals surface area (Å²) >= 11 is 0. The van der Waals surface area contributed by atoms with E-state index in [1.54, 1.807) is 0 Å². The molecule has 0 fully saturated rings. The molecule has 20 heavy (non-hydrogen) atoms. The highest BCUT2D eigenvalue weighted by atomic mass is 19.1. The van der Waals surface area contributed by atoms with Gasteiger partial charge in [-0.15, -0.1) is 0 Å². The molecule has 0 amide bonds. The fourth-order valence-corrected chi connectivity index (χ4v) is 1.61. The van der Waals surface area contributed by atoms with E-state index in [-0.39, 0.29) is 24.6 Å². The van der Waals surface area contributed by atoms with Crippen molar-refractivity contribution in [3.05, 3.63) is 29.3 Å². The number of rotatable bonds is 7. The van der Waals surface area contributed by atoms with E-state index in [0.717, 1.165) is 6.54 Å². The van der Waals surface area contributed by atoms with Crippen molar-refractivity contribution < 1.29 is 18.3 Å². The summed E-state index contributed by atoms with van der Waals surface area (Å²) in [6, 6.07) is 2.57. The van der Waals surface area contributed by atoms with Gasteiger partial charge in [-0.05, 0) is 45.0 Å². The fraction of sp³-hybridized carbons (Fsp3) is 0.600. The van der Waals surface area contributed by atoms with Crippen LogP contribution in [0.2, 0.25) is 0 Å². The molecule has 0 saturated heterocycles. The Morgan fingerprint density at radius 3 is 2.20 bits per heavy atom. The maximum absolute atomic E-state index is 13.8. The minimum atomic E-state index is -0.686. The van der Waals surface area contributed by atoms with Crippen LogP contribution < -0.4 is 10.1 Å². The third-order valence-electron chi connectivity index (χ3n) is 2.50. The number of nitrogens with one attached hydrogen (secondary N) is 1. The maximum atomic E-state index is 13.8. The Morgan fingerprint density at radius 2 is 1.70 bits per heavy atom. The van der Waals surface area contributed by atoms with Gasteiger partial charge < -0.3 is 14.8 Å². The summed E-state index contributed by atoms with van der Waals surface area (Å²) in [5.41, 5.74) is 0.260. The number of benzene rings is 1. The molecule has 0 atom stereocenters. The molecule has 0 saturated carbocycles. The first-order valence-electron chi connectivity index (χ1n) is 6.79. The Morgan fingerprint density at radius 1 is 1.10 bits per heavy atom. The zero-order chi connectivity index (χ0) is 15.2. The minimum Gasteiger partial charge on any atom is -0.485 e. The van der Waals surface area contributed by atoms with Crippen molar-refractivity contribution in [3.8, 4) is 5.75 Å². The lowest BCUT2D eigenvalue weighted by molar-refractivity contribution is -0.0170. The zero-order valence-electron chi connectivity index (χ0n) is 12.6. The fourth-order valence-electron chi connectivity index (χ4n) is 1.61. The molecular weight excluding hydrogens is 264 g/mol. The Bertz CT molecular complexity index is 407. The van der Waals surface area contributed by atoms with Crippen LogP contribution in [-0.4, -0.2) is 25.4 Å². The van der Waals surface area contributed by atoms with Crippen molar-refractivity contribution in [2.24, 2.45) is 0 Å². The van der Waals surface area contributed by atoms with E-state index in [9.17, 15) is 8.78 Å². The number of hydrogen-bond donors (Lipinski definition) is 1. The summed E-state index contributed by atoms with van der Waals surface area (Å²) < 4.78 is 38.1. The van der Waals surface area contributed by atoms with Crippen molar-refractivity contribution in [2.75, 3.05) is 19.8 Å². The van der Waals surface area contributed by atoms with Gasteiger partial charge in [-0.2, -0.15) is 0 Å². The first-order valence-corrected chi connectivity index (χ1v) is 6.79. The Labute approximate surface area is 119 Å². The SMILES string of the molecule is CCNCc1cc(F)c(OCCOC(C)(C)C)c(F)c1. The predicted molar refractivity (Wildman–Crippen MR) is 74.9 cm³/mol. The van der Waals surface area contributed by atoms with Gasteiger partial charge in [-0.1, -0.05) is 6.92 Å². The first-order chi connectivity index (χ1) is 9.33. The molecule has 0 unspecified atom stereocenters. The van der Waals surface area contributed by atoms with Gasteiger partial charge in [0.1, 0.15) is 6.61 Å². The van der Waals surface area contributed by atoms with Gasteiger partial charge in [-0.3, -0.25) is 0 Å². The summed E-state index contributed by atoms with van der Waals surface area (Å²) in [5.74, 6) is -1.72. The van der Waals surface area contributed by atoms with Gasteiger partial charge in [-0.25, -0.2) is 8.78 Å². The van der Waals surface area contributed by atoms with Gasteiger partial charge in [0.05, 0.1) is 12.2 Å². The van der Waals surface area contributed by atoms with Crippen LogP contribution in [0.4, 0.5) is 8.78 Å². The largest absolute Gasteiger partial charge is 0.485 e. The lowest BCUT2D eigenvalue weighted by Gasteiger charge is -2.19. The first kappa shape index (κ1) is 16.9. The van der Waals surface area contributed by atoms with Crippen molar-refractivity contribution in [1.29, 1.82) is 0 Å². The van der Waals surface area contributed by atoms with Crippen LogP contribution in [0.3, 0.4) is 0 Å². The van der Waals surface area contributed by atoms with Crippen LogP contribution >= 0.6 is 0 Å². The molecule has 0 bridgehead atoms. The van der Waals surface area contributed by atoms with Crippen LogP contribution in [0.25, 0.3) is 0 Å². The molecule has 1 aromatic rings. The van der Waals surface area contributed by atoms with E-state index in [0.29, 0.717) is 12.1 Å². The highest BCUT2D eigenvalue weighted by molar-refractivity contribution is 5.31.